The fraction of sp³-hybridized carbons (Fsp3) is 0.0952. The topological polar surface area (TPSA) is 85.2 Å². The molecule has 0 saturated heterocycles. The molecule has 4 aromatic rings. The van der Waals surface area contributed by atoms with Gasteiger partial charge in [0.2, 0.25) is 5.88 Å². The number of nitrogens with zero attached hydrogens (tertiary/aromatic N) is 1. The fourth-order valence-corrected chi connectivity index (χ4v) is 4.33. The van der Waals surface area contributed by atoms with Gasteiger partial charge in [0.1, 0.15) is 11.4 Å². The first-order valence-corrected chi connectivity index (χ1v) is 9.49. The van der Waals surface area contributed by atoms with Crippen molar-refractivity contribution in [1.82, 2.24) is 9.97 Å². The van der Waals surface area contributed by atoms with Crippen molar-refractivity contribution in [3.8, 4) is 11.6 Å². The van der Waals surface area contributed by atoms with E-state index in [1.165, 1.54) is 0 Å². The first kappa shape index (κ1) is 18.0. The molecule has 3 heterocycles. The highest BCUT2D eigenvalue weighted by Gasteiger charge is 2.39. The number of aromatic nitrogens is 2. The molecule has 0 fully saturated rings. The van der Waals surface area contributed by atoms with Crippen LogP contribution in [-0.4, -0.2) is 9.97 Å². The third-order valence-corrected chi connectivity index (χ3v) is 5.56. The predicted molar refractivity (Wildman–Crippen MR) is 110 cm³/mol. The van der Waals surface area contributed by atoms with Crippen LogP contribution < -0.4 is 15.9 Å². The van der Waals surface area contributed by atoms with E-state index in [9.17, 15) is 9.59 Å². The van der Waals surface area contributed by atoms with Crippen LogP contribution in [0.2, 0.25) is 10.0 Å². The number of para-hydroxylation sites is 1. The molecule has 0 aliphatic carbocycles. The first-order valence-electron chi connectivity index (χ1n) is 8.74. The highest BCUT2D eigenvalue weighted by atomic mass is 35.5. The molecule has 0 amide bonds. The van der Waals surface area contributed by atoms with E-state index < -0.39 is 17.1 Å². The lowest BCUT2D eigenvalue weighted by molar-refractivity contribution is 0.419. The fourth-order valence-electron chi connectivity index (χ4n) is 3.71. The van der Waals surface area contributed by atoms with Crippen LogP contribution in [0.5, 0.6) is 11.6 Å². The summed E-state index contributed by atoms with van der Waals surface area (Å²) in [5, 5.41) is 1.21. The Bertz CT molecular complexity index is 1400. The molecule has 1 atom stereocenters. The van der Waals surface area contributed by atoms with Crippen LogP contribution >= 0.6 is 23.2 Å². The number of rotatable bonds is 1. The van der Waals surface area contributed by atoms with Crippen LogP contribution in [0.15, 0.2) is 56.5 Å². The van der Waals surface area contributed by atoms with Crippen molar-refractivity contribution in [2.75, 3.05) is 0 Å². The second kappa shape index (κ2) is 6.47. The van der Waals surface area contributed by atoms with Gasteiger partial charge in [-0.3, -0.25) is 4.79 Å². The Morgan fingerprint density at radius 3 is 2.45 bits per heavy atom. The van der Waals surface area contributed by atoms with Crippen molar-refractivity contribution >= 4 is 34.2 Å². The maximum atomic E-state index is 13.0. The Morgan fingerprint density at radius 2 is 1.69 bits per heavy atom. The number of fused-ring (bicyclic) bond motifs is 4. The number of aromatic amines is 1. The second-order valence-corrected chi connectivity index (χ2v) is 7.48. The summed E-state index contributed by atoms with van der Waals surface area (Å²) in [6.45, 7) is 1.65. The maximum absolute atomic E-state index is 13.0. The number of aryl methyl sites for hydroxylation is 1. The third-order valence-electron chi connectivity index (χ3n) is 4.90. The van der Waals surface area contributed by atoms with Crippen LogP contribution in [0.4, 0.5) is 0 Å². The van der Waals surface area contributed by atoms with Gasteiger partial charge in [-0.1, -0.05) is 41.4 Å². The number of nitrogens with one attached hydrogen (secondary N) is 1. The van der Waals surface area contributed by atoms with Crippen molar-refractivity contribution in [3.05, 3.63) is 95.8 Å². The Balaban J connectivity index is 1.97. The summed E-state index contributed by atoms with van der Waals surface area (Å²) in [6, 6.07) is 12.0. The van der Waals surface area contributed by atoms with E-state index in [1.807, 2.05) is 0 Å². The van der Waals surface area contributed by atoms with Gasteiger partial charge >= 0.3 is 5.63 Å². The maximum Gasteiger partial charge on any atom is 0.344 e. The molecule has 2 aromatic carbocycles. The molecule has 2 aromatic heterocycles. The summed E-state index contributed by atoms with van der Waals surface area (Å²) in [7, 11) is 0. The minimum Gasteiger partial charge on any atom is -0.437 e. The summed E-state index contributed by atoms with van der Waals surface area (Å²) >= 11 is 12.9. The van der Waals surface area contributed by atoms with E-state index in [4.69, 9.17) is 32.4 Å². The molecular weight excluding hydrogens is 415 g/mol. The van der Waals surface area contributed by atoms with Gasteiger partial charge in [0.15, 0.2) is 5.75 Å². The molecule has 0 spiro atoms. The Morgan fingerprint density at radius 1 is 0.966 bits per heavy atom. The molecule has 1 N–H and O–H groups in total. The van der Waals surface area contributed by atoms with Gasteiger partial charge in [-0.15, -0.1) is 0 Å². The Kier molecular flexibility index (Phi) is 4.01. The molecular formula is C21H12Cl2N2O4. The van der Waals surface area contributed by atoms with E-state index in [1.54, 1.807) is 49.4 Å². The van der Waals surface area contributed by atoms with Crippen LogP contribution in [0.3, 0.4) is 0 Å². The molecule has 8 heteroatoms. The zero-order chi connectivity index (χ0) is 20.3. The quantitative estimate of drug-likeness (QED) is 0.390. The third kappa shape index (κ3) is 2.68. The molecule has 0 bridgehead atoms. The SMILES string of the molecule is Cc1nc2c(c(=O)[nH]1)C(c1c(Cl)cccc1Cl)c1c(c3ccccc3oc1=O)O2. The summed E-state index contributed by atoms with van der Waals surface area (Å²) in [6.07, 6.45) is 0. The average molecular weight is 427 g/mol. The van der Waals surface area contributed by atoms with E-state index in [0.29, 0.717) is 32.4 Å². The van der Waals surface area contributed by atoms with Crippen molar-refractivity contribution in [3.63, 3.8) is 0 Å². The lowest BCUT2D eigenvalue weighted by Gasteiger charge is -2.27. The van der Waals surface area contributed by atoms with Gasteiger partial charge in [-0.25, -0.2) is 4.79 Å². The average Bonchev–Trinajstić information content (AvgIpc) is 2.67. The van der Waals surface area contributed by atoms with Crippen LogP contribution in [0.25, 0.3) is 11.0 Å². The standard InChI is InChI=1S/C21H12Cl2N2O4/c1-9-24-19(26)17-15(14-11(22)6-4-7-12(14)23)16-18(29-20(17)25-9)10-5-2-3-8-13(10)28-21(16)27/h2-8,15H,1H3,(H,24,25,26). The molecule has 0 saturated carbocycles. The second-order valence-electron chi connectivity index (χ2n) is 6.67. The minimum atomic E-state index is -0.896. The molecule has 144 valence electrons. The van der Waals surface area contributed by atoms with Gasteiger partial charge in [0.25, 0.3) is 5.56 Å². The van der Waals surface area contributed by atoms with E-state index in [0.717, 1.165) is 0 Å². The normalized spacial score (nSPS) is 14.9. The van der Waals surface area contributed by atoms with Crippen molar-refractivity contribution in [2.24, 2.45) is 0 Å². The van der Waals surface area contributed by atoms with Crippen molar-refractivity contribution in [1.29, 1.82) is 0 Å². The van der Waals surface area contributed by atoms with Crippen LogP contribution in [0, 0.1) is 6.92 Å². The van der Waals surface area contributed by atoms with Crippen LogP contribution in [0.1, 0.15) is 28.4 Å². The molecule has 1 unspecified atom stereocenters. The van der Waals surface area contributed by atoms with E-state index in [-0.39, 0.29) is 22.8 Å². The Hall–Kier alpha value is -3.09. The van der Waals surface area contributed by atoms with Gasteiger partial charge in [0, 0.05) is 15.6 Å². The van der Waals surface area contributed by atoms with Crippen molar-refractivity contribution < 1.29 is 9.15 Å². The molecule has 6 nitrogen and oxygen atoms in total. The van der Waals surface area contributed by atoms with E-state index >= 15 is 0 Å². The highest BCUT2D eigenvalue weighted by Crippen LogP contribution is 2.49. The number of ether oxygens (including phenoxy) is 1. The number of H-pyrrole nitrogens is 1. The van der Waals surface area contributed by atoms with Gasteiger partial charge in [-0.05, 0) is 31.2 Å². The van der Waals surface area contributed by atoms with E-state index in [2.05, 4.69) is 9.97 Å². The molecule has 1 aliphatic rings. The van der Waals surface area contributed by atoms with Gasteiger partial charge in [0.05, 0.1) is 22.4 Å². The number of hydrogen-bond acceptors (Lipinski definition) is 5. The molecule has 1 aliphatic heterocycles. The highest BCUT2D eigenvalue weighted by molar-refractivity contribution is 6.36. The monoisotopic (exact) mass is 426 g/mol. The Labute approximate surface area is 173 Å². The predicted octanol–water partition coefficient (Wildman–Crippen LogP) is 4.78. The number of hydrogen-bond donors (Lipinski definition) is 1. The zero-order valence-electron chi connectivity index (χ0n) is 15.0. The summed E-state index contributed by atoms with van der Waals surface area (Å²) in [5.74, 6) is -0.126. The molecule has 0 radical (unpaired) electrons. The summed E-state index contributed by atoms with van der Waals surface area (Å²) in [5.41, 5.74) is 0.0191. The molecule has 29 heavy (non-hydrogen) atoms. The minimum absolute atomic E-state index is 0.107. The smallest absolute Gasteiger partial charge is 0.344 e. The lowest BCUT2D eigenvalue weighted by Crippen LogP contribution is -2.28. The summed E-state index contributed by atoms with van der Waals surface area (Å²) < 4.78 is 11.5. The first-order chi connectivity index (χ1) is 14.0. The number of benzene rings is 2. The molecule has 5 rings (SSSR count). The van der Waals surface area contributed by atoms with Gasteiger partial charge < -0.3 is 14.1 Å². The van der Waals surface area contributed by atoms with Gasteiger partial charge in [-0.2, -0.15) is 4.98 Å². The van der Waals surface area contributed by atoms with Crippen molar-refractivity contribution in [2.45, 2.75) is 12.8 Å². The summed E-state index contributed by atoms with van der Waals surface area (Å²) in [4.78, 5) is 32.9. The zero-order valence-corrected chi connectivity index (χ0v) is 16.5. The van der Waals surface area contributed by atoms with Crippen LogP contribution in [-0.2, 0) is 0 Å². The lowest BCUT2D eigenvalue weighted by atomic mass is 9.84. The number of halogens is 2. The largest absolute Gasteiger partial charge is 0.437 e.